The summed E-state index contributed by atoms with van der Waals surface area (Å²) in [4.78, 5) is 12.2. The van der Waals surface area contributed by atoms with Crippen LogP contribution in [0, 0.1) is 0 Å². The molecule has 0 atom stereocenters. The smallest absolute Gasteiger partial charge is 0.322 e. The fourth-order valence-electron chi connectivity index (χ4n) is 0.592. The van der Waals surface area contributed by atoms with Gasteiger partial charge in [-0.25, -0.2) is 0 Å². The molecule has 0 aromatic rings. The molecule has 1 fully saturated rings. The number of carbonyl (C=O) groups is 1. The van der Waals surface area contributed by atoms with Gasteiger partial charge in [0.1, 0.15) is 0 Å². The Labute approximate surface area is 65.8 Å². The average molecular weight is 156 g/mol. The predicted molar refractivity (Wildman–Crippen MR) is 40.4 cm³/mol. The van der Waals surface area contributed by atoms with Crippen molar-refractivity contribution in [3.8, 4) is 0 Å². The molecule has 0 aromatic heterocycles. The van der Waals surface area contributed by atoms with Crippen LogP contribution in [-0.4, -0.2) is 30.0 Å². The van der Waals surface area contributed by atoms with Gasteiger partial charge in [0, 0.05) is 20.1 Å². The summed E-state index contributed by atoms with van der Waals surface area (Å²) in [7, 11) is 0. The SMILES string of the molecule is C1CCOC1.CC(=O)C=[N+]=[N-]. The Morgan fingerprint density at radius 1 is 1.55 bits per heavy atom. The monoisotopic (exact) mass is 156 g/mol. The lowest BCUT2D eigenvalue weighted by molar-refractivity contribution is -0.114. The molecule has 4 nitrogen and oxygen atoms in total. The third-order valence-corrected chi connectivity index (χ3v) is 1.07. The van der Waals surface area contributed by atoms with Crippen LogP contribution in [0.5, 0.6) is 0 Å². The van der Waals surface area contributed by atoms with Gasteiger partial charge in [-0.15, -0.1) is 0 Å². The Morgan fingerprint density at radius 2 is 2.09 bits per heavy atom. The number of nitrogens with zero attached hydrogens (tertiary/aromatic N) is 2. The van der Waals surface area contributed by atoms with E-state index in [1.54, 1.807) is 0 Å². The van der Waals surface area contributed by atoms with Gasteiger partial charge in [-0.2, -0.15) is 4.79 Å². The van der Waals surface area contributed by atoms with Gasteiger partial charge < -0.3 is 10.3 Å². The van der Waals surface area contributed by atoms with Crippen molar-refractivity contribution in [1.29, 1.82) is 0 Å². The van der Waals surface area contributed by atoms with E-state index >= 15 is 0 Å². The second-order valence-electron chi connectivity index (χ2n) is 2.17. The standard InChI is InChI=1S/C4H8O.C3H4N2O/c1-2-4-5-3-1;1-3(6)2-5-4/h1-4H2;2H,1H3. The van der Waals surface area contributed by atoms with E-state index in [2.05, 4.69) is 4.79 Å². The molecule has 1 rings (SSSR count). The Morgan fingerprint density at radius 3 is 2.18 bits per heavy atom. The summed E-state index contributed by atoms with van der Waals surface area (Å²) >= 11 is 0. The van der Waals surface area contributed by atoms with Crippen molar-refractivity contribution in [3.05, 3.63) is 5.53 Å². The van der Waals surface area contributed by atoms with Crippen LogP contribution < -0.4 is 0 Å². The minimum Gasteiger partial charge on any atom is -0.381 e. The highest BCUT2D eigenvalue weighted by Gasteiger charge is 1.94. The fraction of sp³-hybridized carbons (Fsp3) is 0.714. The van der Waals surface area contributed by atoms with E-state index in [0.717, 1.165) is 19.4 Å². The molecule has 0 saturated carbocycles. The molecule has 0 unspecified atom stereocenters. The first kappa shape index (κ1) is 10.0. The molecule has 1 saturated heterocycles. The largest absolute Gasteiger partial charge is 0.381 e. The Bertz CT molecular complexity index is 150. The Kier molecular flexibility index (Phi) is 6.48. The lowest BCUT2D eigenvalue weighted by atomic mass is 10.4. The van der Waals surface area contributed by atoms with Gasteiger partial charge in [0.2, 0.25) is 5.78 Å². The van der Waals surface area contributed by atoms with E-state index < -0.39 is 0 Å². The number of carbonyl (C=O) groups excluding carboxylic acids is 1. The van der Waals surface area contributed by atoms with Gasteiger partial charge in [0.05, 0.1) is 0 Å². The van der Waals surface area contributed by atoms with Crippen molar-refractivity contribution in [2.75, 3.05) is 13.2 Å². The highest BCUT2D eigenvalue weighted by molar-refractivity contribution is 6.23. The van der Waals surface area contributed by atoms with Crippen LogP contribution in [0.25, 0.3) is 5.53 Å². The molecule has 1 aliphatic heterocycles. The quantitative estimate of drug-likeness (QED) is 0.318. The number of ether oxygens (including phenoxy) is 1. The van der Waals surface area contributed by atoms with Crippen molar-refractivity contribution < 1.29 is 14.3 Å². The zero-order chi connectivity index (χ0) is 8.53. The summed E-state index contributed by atoms with van der Waals surface area (Å²) in [5.41, 5.74) is 7.59. The maximum absolute atomic E-state index is 9.73. The van der Waals surface area contributed by atoms with Crippen molar-refractivity contribution in [1.82, 2.24) is 0 Å². The molecule has 0 N–H and O–H groups in total. The third kappa shape index (κ3) is 9.01. The molecule has 1 aliphatic rings. The maximum Gasteiger partial charge on any atom is 0.322 e. The Balaban J connectivity index is 0.000000183. The van der Waals surface area contributed by atoms with E-state index in [9.17, 15) is 4.79 Å². The molecule has 0 radical (unpaired) electrons. The van der Waals surface area contributed by atoms with Gasteiger partial charge >= 0.3 is 6.21 Å². The summed E-state index contributed by atoms with van der Waals surface area (Å²) in [5, 5.41) is 0. The van der Waals surface area contributed by atoms with Crippen LogP contribution in [0.4, 0.5) is 0 Å². The number of hydrogen-bond acceptors (Lipinski definition) is 2. The molecule has 0 spiro atoms. The Hall–Kier alpha value is -0.990. The second-order valence-corrected chi connectivity index (χ2v) is 2.17. The fourth-order valence-corrected chi connectivity index (χ4v) is 0.592. The maximum atomic E-state index is 9.73. The van der Waals surface area contributed by atoms with Crippen molar-refractivity contribution in [2.24, 2.45) is 0 Å². The summed E-state index contributed by atoms with van der Waals surface area (Å²) < 4.78 is 4.94. The van der Waals surface area contributed by atoms with Crippen LogP contribution in [-0.2, 0) is 9.53 Å². The number of Topliss-reactive ketones (excluding diaryl/α,β-unsaturated/α-hetero) is 1. The lowest BCUT2D eigenvalue weighted by Crippen LogP contribution is -1.88. The first-order chi connectivity index (χ1) is 5.27. The van der Waals surface area contributed by atoms with Gasteiger partial charge in [-0.3, -0.25) is 4.79 Å². The zero-order valence-corrected chi connectivity index (χ0v) is 6.62. The van der Waals surface area contributed by atoms with E-state index in [4.69, 9.17) is 10.3 Å². The van der Waals surface area contributed by atoms with Crippen LogP contribution in [0.3, 0.4) is 0 Å². The van der Waals surface area contributed by atoms with Crippen LogP contribution >= 0.6 is 0 Å². The van der Waals surface area contributed by atoms with Gasteiger partial charge in [-0.1, -0.05) is 0 Å². The highest BCUT2D eigenvalue weighted by Crippen LogP contribution is 1.98. The first-order valence-electron chi connectivity index (χ1n) is 3.53. The molecule has 4 heteroatoms. The molecular formula is C7H12N2O2. The van der Waals surface area contributed by atoms with Gasteiger partial charge in [-0.05, 0) is 12.8 Å². The molecule has 1 heterocycles. The van der Waals surface area contributed by atoms with E-state index in [1.165, 1.54) is 19.8 Å². The summed E-state index contributed by atoms with van der Waals surface area (Å²) in [6, 6.07) is 0. The summed E-state index contributed by atoms with van der Waals surface area (Å²) in [6.07, 6.45) is 3.39. The zero-order valence-electron chi connectivity index (χ0n) is 6.62. The van der Waals surface area contributed by atoms with Crippen LogP contribution in [0.2, 0.25) is 0 Å². The average Bonchev–Trinajstić information content (AvgIpc) is 2.41. The van der Waals surface area contributed by atoms with Crippen molar-refractivity contribution in [3.63, 3.8) is 0 Å². The molecule has 62 valence electrons. The number of ketones is 1. The third-order valence-electron chi connectivity index (χ3n) is 1.07. The first-order valence-corrected chi connectivity index (χ1v) is 3.53. The van der Waals surface area contributed by atoms with Gasteiger partial charge in [0.15, 0.2) is 0 Å². The normalized spacial score (nSPS) is 14.3. The molecule has 0 amide bonds. The number of rotatable bonds is 1. The summed E-state index contributed by atoms with van der Waals surface area (Å²) in [5.74, 6) is -0.252. The molecular weight excluding hydrogens is 144 g/mol. The topological polar surface area (TPSA) is 62.7 Å². The minimum absolute atomic E-state index is 0.252. The van der Waals surface area contributed by atoms with Crippen LogP contribution in [0.1, 0.15) is 19.8 Å². The molecule has 0 aliphatic carbocycles. The lowest BCUT2D eigenvalue weighted by Gasteiger charge is -1.76. The molecule has 0 bridgehead atoms. The van der Waals surface area contributed by atoms with Crippen LogP contribution in [0.15, 0.2) is 0 Å². The molecule has 0 aromatic carbocycles. The van der Waals surface area contributed by atoms with E-state index in [1.807, 2.05) is 0 Å². The molecule has 11 heavy (non-hydrogen) atoms. The van der Waals surface area contributed by atoms with E-state index in [0.29, 0.717) is 0 Å². The minimum atomic E-state index is -0.252. The van der Waals surface area contributed by atoms with E-state index in [-0.39, 0.29) is 5.78 Å². The van der Waals surface area contributed by atoms with Crippen molar-refractivity contribution in [2.45, 2.75) is 19.8 Å². The predicted octanol–water partition coefficient (Wildman–Crippen LogP) is 0.673. The summed E-state index contributed by atoms with van der Waals surface area (Å²) in [6.45, 7) is 3.31. The second kappa shape index (κ2) is 7.12. The van der Waals surface area contributed by atoms with Crippen molar-refractivity contribution >= 4 is 12.0 Å². The number of hydrogen-bond donors (Lipinski definition) is 0. The highest BCUT2D eigenvalue weighted by atomic mass is 16.5. The van der Waals surface area contributed by atoms with Gasteiger partial charge in [0.25, 0.3) is 0 Å².